The van der Waals surface area contributed by atoms with Crippen LogP contribution < -0.4 is 10.3 Å². The number of rotatable bonds is 3. The van der Waals surface area contributed by atoms with Crippen LogP contribution >= 0.6 is 11.6 Å². The van der Waals surface area contributed by atoms with Crippen molar-refractivity contribution in [1.29, 1.82) is 0 Å². The molecule has 0 saturated heterocycles. The van der Waals surface area contributed by atoms with Crippen LogP contribution in [0.3, 0.4) is 0 Å². The molecule has 0 saturated carbocycles. The van der Waals surface area contributed by atoms with Gasteiger partial charge >= 0.3 is 0 Å². The average Bonchev–Trinajstić information content (AvgIpc) is 2.41. The van der Waals surface area contributed by atoms with Gasteiger partial charge in [-0.3, -0.25) is 4.79 Å². The van der Waals surface area contributed by atoms with E-state index in [0.717, 1.165) is 5.56 Å². The largest absolute Gasteiger partial charge is 0.496 e. The summed E-state index contributed by atoms with van der Waals surface area (Å²) in [7, 11) is 1.58. The Morgan fingerprint density at radius 3 is 2.79 bits per heavy atom. The quantitative estimate of drug-likeness (QED) is 0.939. The molecular formula is C14H15ClN2O2. The Kier molecular flexibility index (Phi) is 3.90. The van der Waals surface area contributed by atoms with Crippen molar-refractivity contribution in [3.63, 3.8) is 0 Å². The van der Waals surface area contributed by atoms with Crippen LogP contribution in [0.5, 0.6) is 5.75 Å². The Balaban J connectivity index is 2.74. The molecule has 2 rings (SSSR count). The molecule has 0 radical (unpaired) electrons. The molecule has 19 heavy (non-hydrogen) atoms. The van der Waals surface area contributed by atoms with Gasteiger partial charge in [0.25, 0.3) is 5.56 Å². The lowest BCUT2D eigenvalue weighted by Gasteiger charge is -2.11. The van der Waals surface area contributed by atoms with E-state index in [1.54, 1.807) is 32.2 Å². The maximum atomic E-state index is 11.9. The first kappa shape index (κ1) is 13.6. The van der Waals surface area contributed by atoms with Crippen molar-refractivity contribution < 1.29 is 4.74 Å². The van der Waals surface area contributed by atoms with Gasteiger partial charge in [-0.25, -0.2) is 4.98 Å². The number of aromatic amines is 1. The number of methoxy groups -OCH3 is 1. The Hall–Kier alpha value is -1.81. The zero-order chi connectivity index (χ0) is 14.0. The molecule has 1 aromatic heterocycles. The Morgan fingerprint density at radius 2 is 2.16 bits per heavy atom. The summed E-state index contributed by atoms with van der Waals surface area (Å²) in [5.74, 6) is 1.29. The fraction of sp³-hybridized carbons (Fsp3) is 0.286. The summed E-state index contributed by atoms with van der Waals surface area (Å²) < 4.78 is 5.31. The smallest absolute Gasteiger partial charge is 0.254 e. The molecular weight excluding hydrogens is 264 g/mol. The first-order valence-electron chi connectivity index (χ1n) is 6.00. The minimum Gasteiger partial charge on any atom is -0.496 e. The molecule has 0 fully saturated rings. The van der Waals surface area contributed by atoms with E-state index in [2.05, 4.69) is 9.97 Å². The minimum atomic E-state index is -0.135. The van der Waals surface area contributed by atoms with E-state index in [1.807, 2.05) is 6.92 Å². The molecule has 1 heterocycles. The third kappa shape index (κ3) is 2.63. The number of halogens is 1. The van der Waals surface area contributed by atoms with Crippen molar-refractivity contribution in [2.24, 2.45) is 0 Å². The molecule has 0 aliphatic rings. The van der Waals surface area contributed by atoms with E-state index in [9.17, 15) is 4.79 Å². The summed E-state index contributed by atoms with van der Waals surface area (Å²) in [5.41, 5.74) is 1.76. The molecule has 100 valence electrons. The first-order chi connectivity index (χ1) is 9.06. The van der Waals surface area contributed by atoms with Crippen LogP contribution in [0, 0.1) is 6.92 Å². The zero-order valence-electron chi connectivity index (χ0n) is 11.1. The lowest BCUT2D eigenvalue weighted by molar-refractivity contribution is 0.416. The van der Waals surface area contributed by atoms with Crippen LogP contribution in [-0.4, -0.2) is 17.1 Å². The highest BCUT2D eigenvalue weighted by molar-refractivity contribution is 6.31. The van der Waals surface area contributed by atoms with Crippen LogP contribution in [0.15, 0.2) is 23.0 Å². The van der Waals surface area contributed by atoms with E-state index in [-0.39, 0.29) is 5.56 Å². The zero-order valence-corrected chi connectivity index (χ0v) is 11.8. The highest BCUT2D eigenvalue weighted by Crippen LogP contribution is 2.32. The molecule has 0 aliphatic carbocycles. The molecule has 0 aliphatic heterocycles. The van der Waals surface area contributed by atoms with E-state index < -0.39 is 0 Å². The Bertz CT molecular complexity index is 665. The molecule has 0 atom stereocenters. The molecule has 0 unspecified atom stereocenters. The number of benzene rings is 1. The molecule has 4 nitrogen and oxygen atoms in total. The van der Waals surface area contributed by atoms with Crippen LogP contribution in [0.4, 0.5) is 0 Å². The van der Waals surface area contributed by atoms with Crippen LogP contribution in [0.2, 0.25) is 5.02 Å². The molecule has 0 bridgehead atoms. The van der Waals surface area contributed by atoms with Crippen molar-refractivity contribution >= 4 is 11.6 Å². The van der Waals surface area contributed by atoms with E-state index >= 15 is 0 Å². The van der Waals surface area contributed by atoms with Crippen molar-refractivity contribution in [3.8, 4) is 17.0 Å². The van der Waals surface area contributed by atoms with E-state index in [0.29, 0.717) is 34.3 Å². The summed E-state index contributed by atoms with van der Waals surface area (Å²) in [4.78, 5) is 19.1. The van der Waals surface area contributed by atoms with Crippen molar-refractivity contribution in [2.75, 3.05) is 7.11 Å². The van der Waals surface area contributed by atoms with Gasteiger partial charge in [0.2, 0.25) is 0 Å². The van der Waals surface area contributed by atoms with Gasteiger partial charge in [-0.15, -0.1) is 0 Å². The molecule has 0 spiro atoms. The normalized spacial score (nSPS) is 10.5. The number of aromatic nitrogens is 2. The number of hydrogen-bond acceptors (Lipinski definition) is 3. The Morgan fingerprint density at radius 1 is 1.42 bits per heavy atom. The lowest BCUT2D eigenvalue weighted by atomic mass is 10.1. The second-order valence-electron chi connectivity index (χ2n) is 4.18. The van der Waals surface area contributed by atoms with Gasteiger partial charge in [0.05, 0.1) is 12.8 Å². The van der Waals surface area contributed by atoms with Crippen molar-refractivity contribution in [2.45, 2.75) is 20.3 Å². The highest BCUT2D eigenvalue weighted by Gasteiger charge is 2.14. The van der Waals surface area contributed by atoms with Gasteiger partial charge in [-0.2, -0.15) is 0 Å². The van der Waals surface area contributed by atoms with E-state index in [4.69, 9.17) is 16.3 Å². The molecule has 2 aromatic rings. The summed E-state index contributed by atoms with van der Waals surface area (Å²) in [5, 5.41) is 0.579. The van der Waals surface area contributed by atoms with Gasteiger partial charge in [-0.05, 0) is 25.1 Å². The summed E-state index contributed by atoms with van der Waals surface area (Å²) in [6, 6.07) is 5.27. The molecule has 1 N–H and O–H groups in total. The van der Waals surface area contributed by atoms with Crippen molar-refractivity contribution in [1.82, 2.24) is 9.97 Å². The summed E-state index contributed by atoms with van der Waals surface area (Å²) >= 11 is 6.02. The third-order valence-corrected chi connectivity index (χ3v) is 3.19. The second kappa shape index (κ2) is 5.45. The maximum Gasteiger partial charge on any atom is 0.254 e. The minimum absolute atomic E-state index is 0.135. The Labute approximate surface area is 116 Å². The van der Waals surface area contributed by atoms with E-state index in [1.165, 1.54) is 0 Å². The number of nitrogens with one attached hydrogen (secondary N) is 1. The second-order valence-corrected chi connectivity index (χ2v) is 4.62. The van der Waals surface area contributed by atoms with Crippen molar-refractivity contribution in [3.05, 3.63) is 45.0 Å². The van der Waals surface area contributed by atoms with Crippen LogP contribution in [0.1, 0.15) is 18.3 Å². The predicted octanol–water partition coefficient (Wildman–Crippen LogP) is 2.97. The predicted molar refractivity (Wildman–Crippen MR) is 76.0 cm³/mol. The number of aryl methyl sites for hydroxylation is 1. The topological polar surface area (TPSA) is 55.0 Å². The molecule has 5 heteroatoms. The molecule has 0 amide bonds. The average molecular weight is 279 g/mol. The number of H-pyrrole nitrogens is 1. The lowest BCUT2D eigenvalue weighted by Crippen LogP contribution is -2.15. The van der Waals surface area contributed by atoms with Gasteiger partial charge in [0.15, 0.2) is 0 Å². The summed E-state index contributed by atoms with van der Waals surface area (Å²) in [6.45, 7) is 3.67. The maximum absolute atomic E-state index is 11.9. The van der Waals surface area contributed by atoms with Gasteiger partial charge in [-0.1, -0.05) is 18.5 Å². The number of hydrogen-bond donors (Lipinski definition) is 1. The highest BCUT2D eigenvalue weighted by atomic mass is 35.5. The first-order valence-corrected chi connectivity index (χ1v) is 6.38. The summed E-state index contributed by atoms with van der Waals surface area (Å²) in [6.07, 6.45) is 0.658. The van der Waals surface area contributed by atoms with Gasteiger partial charge in [0, 0.05) is 22.6 Å². The van der Waals surface area contributed by atoms with Crippen LogP contribution in [0.25, 0.3) is 11.3 Å². The number of nitrogens with zero attached hydrogens (tertiary/aromatic N) is 1. The standard InChI is InChI=1S/C14H15ClN2O2/c1-4-12-16-13(8(2)14(18)17-12)10-7-9(15)5-6-11(10)19-3/h5-7H,4H2,1-3H3,(H,16,17,18). The molecule has 1 aromatic carbocycles. The van der Waals surface area contributed by atoms with Crippen LogP contribution in [-0.2, 0) is 6.42 Å². The third-order valence-electron chi connectivity index (χ3n) is 2.95. The monoisotopic (exact) mass is 278 g/mol. The fourth-order valence-corrected chi connectivity index (χ4v) is 2.05. The fourth-order valence-electron chi connectivity index (χ4n) is 1.87. The van der Waals surface area contributed by atoms with Gasteiger partial charge < -0.3 is 9.72 Å². The number of ether oxygens (including phenoxy) is 1. The van der Waals surface area contributed by atoms with Gasteiger partial charge in [0.1, 0.15) is 11.6 Å². The SMILES string of the molecule is CCc1nc(-c2cc(Cl)ccc2OC)c(C)c(=O)[nH]1.